The maximum absolute atomic E-state index is 12.5. The van der Waals surface area contributed by atoms with Crippen LogP contribution in [0.15, 0.2) is 78.9 Å². The van der Waals surface area contributed by atoms with Gasteiger partial charge >= 0.3 is 0 Å². The number of rotatable bonds is 9. The van der Waals surface area contributed by atoms with Crippen LogP contribution in [0.1, 0.15) is 27.9 Å². The van der Waals surface area contributed by atoms with Gasteiger partial charge in [-0.05, 0) is 66.2 Å². The van der Waals surface area contributed by atoms with E-state index in [1.807, 2.05) is 42.5 Å². The highest BCUT2D eigenvalue weighted by Gasteiger charge is 2.09. The quantitative estimate of drug-likeness (QED) is 0.447. The van der Waals surface area contributed by atoms with Crippen LogP contribution in [0.3, 0.4) is 0 Å². The summed E-state index contributed by atoms with van der Waals surface area (Å²) in [7, 11) is 3.49. The molecule has 0 bridgehead atoms. The fourth-order valence-electron chi connectivity index (χ4n) is 3.25. The lowest BCUT2D eigenvalue weighted by molar-refractivity contribution is -0.128. The van der Waals surface area contributed by atoms with E-state index in [1.165, 1.54) is 5.56 Å². The number of nitrogens with zero attached hydrogens (tertiary/aromatic N) is 1. The number of carbonyl (C=O) groups is 2. The number of amides is 2. The first kappa shape index (κ1) is 24.9. The van der Waals surface area contributed by atoms with E-state index in [2.05, 4.69) is 22.8 Å². The van der Waals surface area contributed by atoms with Crippen molar-refractivity contribution in [3.63, 3.8) is 0 Å². The summed E-state index contributed by atoms with van der Waals surface area (Å²) in [5.41, 5.74) is 3.46. The molecule has 7 heteroatoms. The van der Waals surface area contributed by atoms with Gasteiger partial charge in [-0.3, -0.25) is 14.9 Å². The van der Waals surface area contributed by atoms with Gasteiger partial charge in [-0.2, -0.15) is 0 Å². The molecule has 0 aliphatic rings. The van der Waals surface area contributed by atoms with Gasteiger partial charge in [0.1, 0.15) is 5.75 Å². The predicted molar refractivity (Wildman–Crippen MR) is 139 cm³/mol. The van der Waals surface area contributed by atoms with Gasteiger partial charge in [-0.25, -0.2) is 0 Å². The zero-order chi connectivity index (χ0) is 24.3. The molecule has 0 aromatic heterocycles. The molecule has 6 nitrogen and oxygen atoms in total. The van der Waals surface area contributed by atoms with Crippen LogP contribution in [-0.4, -0.2) is 42.5 Å². The van der Waals surface area contributed by atoms with Crippen molar-refractivity contribution in [3.05, 3.63) is 95.6 Å². The molecule has 0 saturated carbocycles. The molecule has 3 aromatic carbocycles. The van der Waals surface area contributed by atoms with E-state index < -0.39 is 0 Å². The topological polar surface area (TPSA) is 70.7 Å². The molecule has 34 heavy (non-hydrogen) atoms. The second-order valence-corrected chi connectivity index (χ2v) is 8.41. The number of ether oxygens (including phenoxy) is 1. The zero-order valence-electron chi connectivity index (χ0n) is 19.4. The van der Waals surface area contributed by atoms with E-state index in [0.29, 0.717) is 30.8 Å². The molecular weight excluding hydrogens is 446 g/mol. The summed E-state index contributed by atoms with van der Waals surface area (Å²) in [4.78, 5) is 25.9. The summed E-state index contributed by atoms with van der Waals surface area (Å²) in [6, 6.07) is 24.7. The summed E-state index contributed by atoms with van der Waals surface area (Å²) in [5, 5.41) is 5.92. The number of thiocarbonyl (C=S) groups is 1. The summed E-state index contributed by atoms with van der Waals surface area (Å²) in [6.07, 6.45) is 1.88. The number of carbonyl (C=O) groups excluding carboxylic acids is 2. The SMILES string of the molecule is CN(C)C(=O)CCc1cccc(NC(=S)NC(=O)c2ccc(OCCc3ccccc3)cc2)c1. The summed E-state index contributed by atoms with van der Waals surface area (Å²) >= 11 is 5.30. The monoisotopic (exact) mass is 475 g/mol. The van der Waals surface area contributed by atoms with Crippen molar-refractivity contribution in [2.75, 3.05) is 26.0 Å². The lowest BCUT2D eigenvalue weighted by Crippen LogP contribution is -2.34. The Morgan fingerprint density at radius 2 is 1.59 bits per heavy atom. The summed E-state index contributed by atoms with van der Waals surface area (Å²) in [5.74, 6) is 0.479. The van der Waals surface area contributed by atoms with Crippen LogP contribution < -0.4 is 15.4 Å². The number of hydrogen-bond donors (Lipinski definition) is 2. The van der Waals surface area contributed by atoms with Crippen LogP contribution in [0.2, 0.25) is 0 Å². The normalized spacial score (nSPS) is 10.3. The average Bonchev–Trinajstić information content (AvgIpc) is 2.83. The minimum absolute atomic E-state index is 0.0776. The van der Waals surface area contributed by atoms with Gasteiger partial charge in [0.2, 0.25) is 5.91 Å². The van der Waals surface area contributed by atoms with Crippen LogP contribution in [0.25, 0.3) is 0 Å². The highest BCUT2D eigenvalue weighted by Crippen LogP contribution is 2.15. The van der Waals surface area contributed by atoms with Gasteiger partial charge in [-0.15, -0.1) is 0 Å². The average molecular weight is 476 g/mol. The molecule has 3 rings (SSSR count). The standard InChI is InChI=1S/C27H29N3O3S/c1-30(2)25(31)16-11-21-9-6-10-23(19-21)28-27(34)29-26(32)22-12-14-24(15-13-22)33-18-17-20-7-4-3-5-8-20/h3-10,12-15,19H,11,16-18H2,1-2H3,(H2,28,29,32,34). The number of aryl methyl sites for hydroxylation is 1. The Hall–Kier alpha value is -3.71. The van der Waals surface area contributed by atoms with E-state index in [0.717, 1.165) is 17.7 Å². The second-order valence-electron chi connectivity index (χ2n) is 8.01. The minimum atomic E-state index is -0.305. The van der Waals surface area contributed by atoms with E-state index >= 15 is 0 Å². The van der Waals surface area contributed by atoms with Crippen LogP contribution in [0, 0.1) is 0 Å². The number of anilines is 1. The van der Waals surface area contributed by atoms with Crippen molar-refractivity contribution in [2.45, 2.75) is 19.3 Å². The predicted octanol–water partition coefficient (Wildman–Crippen LogP) is 4.46. The molecule has 0 saturated heterocycles. The van der Waals surface area contributed by atoms with Crippen molar-refractivity contribution in [3.8, 4) is 5.75 Å². The third-order valence-corrected chi connectivity index (χ3v) is 5.36. The number of benzene rings is 3. The highest BCUT2D eigenvalue weighted by atomic mass is 32.1. The fourth-order valence-corrected chi connectivity index (χ4v) is 3.46. The van der Waals surface area contributed by atoms with Gasteiger partial charge in [0, 0.05) is 38.2 Å². The summed E-state index contributed by atoms with van der Waals surface area (Å²) in [6.45, 7) is 0.561. The molecule has 0 unspecified atom stereocenters. The molecule has 2 N–H and O–H groups in total. The smallest absolute Gasteiger partial charge is 0.257 e. The molecular formula is C27H29N3O3S. The van der Waals surface area contributed by atoms with Crippen molar-refractivity contribution in [2.24, 2.45) is 0 Å². The summed E-state index contributed by atoms with van der Waals surface area (Å²) < 4.78 is 5.77. The Labute approximate surface area is 205 Å². The van der Waals surface area contributed by atoms with Crippen molar-refractivity contribution < 1.29 is 14.3 Å². The Balaban J connectivity index is 1.46. The Morgan fingerprint density at radius 1 is 0.882 bits per heavy atom. The molecule has 0 spiro atoms. The number of nitrogens with one attached hydrogen (secondary N) is 2. The van der Waals surface area contributed by atoms with Gasteiger partial charge in [0.25, 0.3) is 5.91 Å². The van der Waals surface area contributed by atoms with Crippen molar-refractivity contribution in [1.29, 1.82) is 0 Å². The lowest BCUT2D eigenvalue weighted by atomic mass is 10.1. The lowest BCUT2D eigenvalue weighted by Gasteiger charge is -2.12. The molecule has 0 atom stereocenters. The maximum Gasteiger partial charge on any atom is 0.257 e. The van der Waals surface area contributed by atoms with Crippen LogP contribution in [-0.2, 0) is 17.6 Å². The Morgan fingerprint density at radius 3 is 2.29 bits per heavy atom. The Kier molecular flexibility index (Phi) is 9.17. The van der Waals surface area contributed by atoms with E-state index in [-0.39, 0.29) is 16.9 Å². The molecule has 2 amide bonds. The third kappa shape index (κ3) is 8.01. The zero-order valence-corrected chi connectivity index (χ0v) is 20.2. The van der Waals surface area contributed by atoms with Gasteiger partial charge in [-0.1, -0.05) is 42.5 Å². The van der Waals surface area contributed by atoms with E-state index in [4.69, 9.17) is 17.0 Å². The van der Waals surface area contributed by atoms with E-state index in [9.17, 15) is 9.59 Å². The maximum atomic E-state index is 12.5. The number of hydrogen-bond acceptors (Lipinski definition) is 4. The molecule has 0 heterocycles. The van der Waals surface area contributed by atoms with Crippen LogP contribution in [0.4, 0.5) is 5.69 Å². The molecule has 176 valence electrons. The molecule has 0 aliphatic heterocycles. The molecule has 0 radical (unpaired) electrons. The highest BCUT2D eigenvalue weighted by molar-refractivity contribution is 7.80. The van der Waals surface area contributed by atoms with Crippen LogP contribution >= 0.6 is 12.2 Å². The largest absolute Gasteiger partial charge is 0.493 e. The molecule has 3 aromatic rings. The van der Waals surface area contributed by atoms with Crippen molar-refractivity contribution >= 4 is 34.8 Å². The Bertz CT molecular complexity index is 1120. The van der Waals surface area contributed by atoms with Gasteiger partial charge in [0.05, 0.1) is 6.61 Å². The fraction of sp³-hybridized carbons (Fsp3) is 0.222. The molecule has 0 aliphatic carbocycles. The van der Waals surface area contributed by atoms with Gasteiger partial charge < -0.3 is 15.0 Å². The first-order valence-corrected chi connectivity index (χ1v) is 11.5. The third-order valence-electron chi connectivity index (χ3n) is 5.16. The van der Waals surface area contributed by atoms with Crippen LogP contribution in [0.5, 0.6) is 5.75 Å². The molecule has 0 fully saturated rings. The van der Waals surface area contributed by atoms with Gasteiger partial charge in [0.15, 0.2) is 5.11 Å². The minimum Gasteiger partial charge on any atom is -0.493 e. The first-order chi connectivity index (χ1) is 16.4. The van der Waals surface area contributed by atoms with E-state index in [1.54, 1.807) is 43.3 Å². The second kappa shape index (κ2) is 12.5. The first-order valence-electron chi connectivity index (χ1n) is 11.1. The van der Waals surface area contributed by atoms with Crippen molar-refractivity contribution in [1.82, 2.24) is 10.2 Å².